The van der Waals surface area contributed by atoms with Crippen molar-refractivity contribution in [2.45, 2.75) is 26.4 Å². The molecule has 0 saturated carbocycles. The lowest BCUT2D eigenvalue weighted by molar-refractivity contribution is 0.282. The SMILES string of the molecule is CCC1CCN(c2ccc(CO)c(Cl)c2)C1. The van der Waals surface area contributed by atoms with Crippen molar-refractivity contribution >= 4 is 17.3 Å². The lowest BCUT2D eigenvalue weighted by Crippen LogP contribution is -2.19. The maximum Gasteiger partial charge on any atom is 0.0696 e. The van der Waals surface area contributed by atoms with Crippen LogP contribution in [0.15, 0.2) is 18.2 Å². The zero-order valence-electron chi connectivity index (χ0n) is 9.62. The van der Waals surface area contributed by atoms with E-state index in [-0.39, 0.29) is 6.61 Å². The van der Waals surface area contributed by atoms with Crippen LogP contribution in [0.3, 0.4) is 0 Å². The van der Waals surface area contributed by atoms with E-state index >= 15 is 0 Å². The Bertz CT molecular complexity index is 367. The number of hydrogen-bond acceptors (Lipinski definition) is 2. The van der Waals surface area contributed by atoms with Gasteiger partial charge in [0.05, 0.1) is 6.61 Å². The van der Waals surface area contributed by atoms with Crippen LogP contribution >= 0.6 is 11.6 Å². The average Bonchev–Trinajstić information content (AvgIpc) is 2.77. The molecule has 0 spiro atoms. The molecule has 0 aliphatic carbocycles. The molecule has 1 aromatic carbocycles. The maximum absolute atomic E-state index is 9.06. The molecular formula is C13H18ClNO. The first kappa shape index (κ1) is 11.7. The Kier molecular flexibility index (Phi) is 3.72. The summed E-state index contributed by atoms with van der Waals surface area (Å²) >= 11 is 6.09. The minimum Gasteiger partial charge on any atom is -0.392 e. The number of aliphatic hydroxyl groups is 1. The van der Waals surface area contributed by atoms with Crippen LogP contribution in [0.5, 0.6) is 0 Å². The van der Waals surface area contributed by atoms with Gasteiger partial charge < -0.3 is 10.0 Å². The van der Waals surface area contributed by atoms with Crippen LogP contribution in [-0.4, -0.2) is 18.2 Å². The summed E-state index contributed by atoms with van der Waals surface area (Å²) in [6.07, 6.45) is 2.52. The van der Waals surface area contributed by atoms with E-state index < -0.39 is 0 Å². The van der Waals surface area contributed by atoms with Crippen LogP contribution in [0.25, 0.3) is 0 Å². The van der Waals surface area contributed by atoms with Crippen molar-refractivity contribution in [1.29, 1.82) is 0 Å². The third-order valence-corrected chi connectivity index (χ3v) is 3.79. The first-order valence-electron chi connectivity index (χ1n) is 5.88. The van der Waals surface area contributed by atoms with Crippen LogP contribution < -0.4 is 4.90 Å². The zero-order valence-corrected chi connectivity index (χ0v) is 10.4. The van der Waals surface area contributed by atoms with Crippen molar-refractivity contribution < 1.29 is 5.11 Å². The van der Waals surface area contributed by atoms with Gasteiger partial charge in [0.2, 0.25) is 0 Å². The number of nitrogens with zero attached hydrogens (tertiary/aromatic N) is 1. The van der Waals surface area contributed by atoms with Crippen LogP contribution in [0.1, 0.15) is 25.3 Å². The number of hydrogen-bond donors (Lipinski definition) is 1. The van der Waals surface area contributed by atoms with Gasteiger partial charge in [-0.3, -0.25) is 0 Å². The number of anilines is 1. The second-order valence-corrected chi connectivity index (χ2v) is 4.85. The molecule has 1 aromatic rings. The lowest BCUT2D eigenvalue weighted by Gasteiger charge is -2.19. The Labute approximate surface area is 102 Å². The molecule has 88 valence electrons. The van der Waals surface area contributed by atoms with E-state index in [0.29, 0.717) is 5.02 Å². The summed E-state index contributed by atoms with van der Waals surface area (Å²) < 4.78 is 0. The molecule has 0 radical (unpaired) electrons. The maximum atomic E-state index is 9.06. The monoisotopic (exact) mass is 239 g/mol. The molecule has 0 amide bonds. The largest absolute Gasteiger partial charge is 0.392 e. The van der Waals surface area contributed by atoms with Gasteiger partial charge in [-0.15, -0.1) is 0 Å². The summed E-state index contributed by atoms with van der Waals surface area (Å²) in [5.41, 5.74) is 1.98. The Morgan fingerprint density at radius 1 is 1.50 bits per heavy atom. The van der Waals surface area contributed by atoms with E-state index in [2.05, 4.69) is 17.9 Å². The Balaban J connectivity index is 2.13. The Morgan fingerprint density at radius 3 is 2.88 bits per heavy atom. The molecule has 3 heteroatoms. The predicted molar refractivity (Wildman–Crippen MR) is 68.0 cm³/mol. The van der Waals surface area contributed by atoms with E-state index in [0.717, 1.165) is 24.6 Å². The summed E-state index contributed by atoms with van der Waals surface area (Å²) in [5.74, 6) is 0.816. The fourth-order valence-corrected chi connectivity index (χ4v) is 2.50. The molecule has 2 nitrogen and oxygen atoms in total. The third kappa shape index (κ3) is 2.33. The van der Waals surface area contributed by atoms with Crippen molar-refractivity contribution in [3.8, 4) is 0 Å². The minimum absolute atomic E-state index is 0.0106. The van der Waals surface area contributed by atoms with Gasteiger partial charge in [0.1, 0.15) is 0 Å². The van der Waals surface area contributed by atoms with E-state index in [1.165, 1.54) is 18.5 Å². The van der Waals surface area contributed by atoms with Gasteiger partial charge in [0, 0.05) is 23.8 Å². The van der Waals surface area contributed by atoms with Crippen LogP contribution in [0.4, 0.5) is 5.69 Å². The highest BCUT2D eigenvalue weighted by Crippen LogP contribution is 2.29. The highest BCUT2D eigenvalue weighted by Gasteiger charge is 2.21. The summed E-state index contributed by atoms with van der Waals surface area (Å²) in [4.78, 5) is 2.38. The molecule has 1 atom stereocenters. The molecule has 16 heavy (non-hydrogen) atoms. The van der Waals surface area contributed by atoms with Gasteiger partial charge in [-0.05, 0) is 30.0 Å². The highest BCUT2D eigenvalue weighted by atomic mass is 35.5. The second kappa shape index (κ2) is 5.07. The topological polar surface area (TPSA) is 23.5 Å². The number of rotatable bonds is 3. The van der Waals surface area contributed by atoms with Gasteiger partial charge in [-0.2, -0.15) is 0 Å². The molecular weight excluding hydrogens is 222 g/mol. The standard InChI is InChI=1S/C13H18ClNO/c1-2-10-5-6-15(8-10)12-4-3-11(9-16)13(14)7-12/h3-4,7,10,16H,2,5-6,8-9H2,1H3. The number of aliphatic hydroxyl groups excluding tert-OH is 1. The molecule has 2 rings (SSSR count). The first-order valence-corrected chi connectivity index (χ1v) is 6.26. The quantitative estimate of drug-likeness (QED) is 0.877. The normalized spacial score (nSPS) is 20.4. The van der Waals surface area contributed by atoms with E-state index in [4.69, 9.17) is 16.7 Å². The van der Waals surface area contributed by atoms with Crippen LogP contribution in [-0.2, 0) is 6.61 Å². The molecule has 1 aliphatic rings. The molecule has 1 N–H and O–H groups in total. The molecule has 0 bridgehead atoms. The molecule has 1 fully saturated rings. The smallest absolute Gasteiger partial charge is 0.0696 e. The van der Waals surface area contributed by atoms with Crippen molar-refractivity contribution in [2.24, 2.45) is 5.92 Å². The number of benzene rings is 1. The summed E-state index contributed by atoms with van der Waals surface area (Å²) in [6, 6.07) is 5.93. The van der Waals surface area contributed by atoms with Crippen molar-refractivity contribution in [3.05, 3.63) is 28.8 Å². The van der Waals surface area contributed by atoms with Gasteiger partial charge in [-0.25, -0.2) is 0 Å². The van der Waals surface area contributed by atoms with E-state index in [1.807, 2.05) is 12.1 Å². The molecule has 0 aromatic heterocycles. The minimum atomic E-state index is 0.0106. The number of halogens is 1. The lowest BCUT2D eigenvalue weighted by atomic mass is 10.1. The Morgan fingerprint density at radius 2 is 2.31 bits per heavy atom. The van der Waals surface area contributed by atoms with E-state index in [9.17, 15) is 0 Å². The molecule has 1 heterocycles. The van der Waals surface area contributed by atoms with Gasteiger partial charge in [0.25, 0.3) is 0 Å². The zero-order chi connectivity index (χ0) is 11.5. The summed E-state index contributed by atoms with van der Waals surface area (Å²) in [6.45, 7) is 4.51. The third-order valence-electron chi connectivity index (χ3n) is 3.44. The average molecular weight is 240 g/mol. The fourth-order valence-electron chi connectivity index (χ4n) is 2.26. The van der Waals surface area contributed by atoms with Crippen molar-refractivity contribution in [1.82, 2.24) is 0 Å². The Hall–Kier alpha value is -0.730. The second-order valence-electron chi connectivity index (χ2n) is 4.44. The molecule has 1 aliphatic heterocycles. The van der Waals surface area contributed by atoms with Gasteiger partial charge >= 0.3 is 0 Å². The molecule has 1 saturated heterocycles. The summed E-state index contributed by atoms with van der Waals surface area (Å²) in [5, 5.41) is 9.72. The van der Waals surface area contributed by atoms with Crippen molar-refractivity contribution in [2.75, 3.05) is 18.0 Å². The van der Waals surface area contributed by atoms with Crippen molar-refractivity contribution in [3.63, 3.8) is 0 Å². The van der Waals surface area contributed by atoms with Gasteiger partial charge in [0.15, 0.2) is 0 Å². The van der Waals surface area contributed by atoms with Gasteiger partial charge in [-0.1, -0.05) is 31.0 Å². The van der Waals surface area contributed by atoms with Crippen LogP contribution in [0, 0.1) is 5.92 Å². The van der Waals surface area contributed by atoms with E-state index in [1.54, 1.807) is 0 Å². The summed E-state index contributed by atoms with van der Waals surface area (Å²) in [7, 11) is 0. The highest BCUT2D eigenvalue weighted by molar-refractivity contribution is 6.31. The first-order chi connectivity index (χ1) is 7.74. The predicted octanol–water partition coefficient (Wildman–Crippen LogP) is 3.07. The fraction of sp³-hybridized carbons (Fsp3) is 0.538. The van der Waals surface area contributed by atoms with Crippen LogP contribution in [0.2, 0.25) is 5.02 Å². The molecule has 1 unspecified atom stereocenters.